The highest BCUT2D eigenvalue weighted by Gasteiger charge is 2.44. The molecule has 2 rings (SSSR count). The molecular formula is C10H17NO2. The lowest BCUT2D eigenvalue weighted by atomic mass is 9.80. The van der Waals surface area contributed by atoms with Gasteiger partial charge in [0.2, 0.25) is 0 Å². The fourth-order valence-corrected chi connectivity index (χ4v) is 2.60. The van der Waals surface area contributed by atoms with Gasteiger partial charge in [0.1, 0.15) is 0 Å². The molecule has 2 N–H and O–H groups in total. The minimum atomic E-state index is -0.244. The zero-order valence-corrected chi connectivity index (χ0v) is 7.88. The number of nitrogens with one attached hydrogen (secondary N) is 1. The monoisotopic (exact) mass is 183 g/mol. The number of Topliss-reactive ketones (excluding diaryl/α,β-unsaturated/α-hetero) is 1. The van der Waals surface area contributed by atoms with E-state index in [0.717, 1.165) is 38.5 Å². The Morgan fingerprint density at radius 2 is 2.31 bits per heavy atom. The Morgan fingerprint density at radius 1 is 1.46 bits per heavy atom. The van der Waals surface area contributed by atoms with E-state index in [1.54, 1.807) is 0 Å². The molecule has 0 aromatic heterocycles. The molecule has 2 unspecified atom stereocenters. The van der Waals surface area contributed by atoms with Crippen LogP contribution in [-0.4, -0.2) is 29.1 Å². The van der Waals surface area contributed by atoms with Crippen LogP contribution in [-0.2, 0) is 4.79 Å². The van der Waals surface area contributed by atoms with Crippen LogP contribution in [0.1, 0.15) is 38.5 Å². The Morgan fingerprint density at radius 3 is 2.92 bits per heavy atom. The summed E-state index contributed by atoms with van der Waals surface area (Å²) in [5.41, 5.74) is -0.244. The van der Waals surface area contributed by atoms with Crippen molar-refractivity contribution in [3.63, 3.8) is 0 Å². The largest absolute Gasteiger partial charge is 0.395 e. The zero-order valence-electron chi connectivity index (χ0n) is 7.88. The van der Waals surface area contributed by atoms with E-state index in [2.05, 4.69) is 5.32 Å². The molecule has 1 spiro atoms. The fourth-order valence-electron chi connectivity index (χ4n) is 2.60. The highest BCUT2D eigenvalue weighted by Crippen LogP contribution is 2.34. The first kappa shape index (κ1) is 9.16. The van der Waals surface area contributed by atoms with E-state index in [1.807, 2.05) is 0 Å². The highest BCUT2D eigenvalue weighted by atomic mass is 16.3. The number of aliphatic hydroxyl groups excluding tert-OH is 1. The Labute approximate surface area is 78.5 Å². The van der Waals surface area contributed by atoms with Crippen molar-refractivity contribution in [3.8, 4) is 0 Å². The first-order valence-corrected chi connectivity index (χ1v) is 5.19. The van der Waals surface area contributed by atoms with Gasteiger partial charge in [0.25, 0.3) is 0 Å². The summed E-state index contributed by atoms with van der Waals surface area (Å²) < 4.78 is 0. The second-order valence-electron chi connectivity index (χ2n) is 4.27. The zero-order chi connectivity index (χ0) is 9.31. The van der Waals surface area contributed by atoms with E-state index in [4.69, 9.17) is 5.11 Å². The van der Waals surface area contributed by atoms with Crippen LogP contribution < -0.4 is 5.32 Å². The number of hydrogen-bond acceptors (Lipinski definition) is 3. The molecule has 0 bridgehead atoms. The highest BCUT2D eigenvalue weighted by molar-refractivity contribution is 5.89. The van der Waals surface area contributed by atoms with Gasteiger partial charge in [-0.15, -0.1) is 0 Å². The van der Waals surface area contributed by atoms with E-state index in [1.165, 1.54) is 0 Å². The van der Waals surface area contributed by atoms with E-state index >= 15 is 0 Å². The van der Waals surface area contributed by atoms with Crippen LogP contribution in [0.3, 0.4) is 0 Å². The quantitative estimate of drug-likeness (QED) is 0.626. The van der Waals surface area contributed by atoms with Crippen molar-refractivity contribution in [3.05, 3.63) is 0 Å². The molecule has 2 atom stereocenters. The maximum absolute atomic E-state index is 11.7. The standard InChI is InChI=1S/C10H17NO2/c12-7-8-4-6-10(11-8)5-2-1-3-9(10)13/h8,11-12H,1-7H2. The Kier molecular flexibility index (Phi) is 2.39. The van der Waals surface area contributed by atoms with Crippen LogP contribution >= 0.6 is 0 Å². The van der Waals surface area contributed by atoms with Gasteiger partial charge in [-0.3, -0.25) is 10.1 Å². The molecule has 3 nitrogen and oxygen atoms in total. The predicted octanol–water partition coefficient (Wildman–Crippen LogP) is 0.613. The molecule has 2 fully saturated rings. The van der Waals surface area contributed by atoms with E-state index in [9.17, 15) is 4.79 Å². The summed E-state index contributed by atoms with van der Waals surface area (Å²) in [6.45, 7) is 0.162. The first-order valence-electron chi connectivity index (χ1n) is 5.19. The summed E-state index contributed by atoms with van der Waals surface area (Å²) in [4.78, 5) is 11.7. The van der Waals surface area contributed by atoms with Crippen molar-refractivity contribution < 1.29 is 9.90 Å². The summed E-state index contributed by atoms with van der Waals surface area (Å²) in [7, 11) is 0. The summed E-state index contributed by atoms with van der Waals surface area (Å²) in [5.74, 6) is 0.370. The normalized spacial score (nSPS) is 40.1. The molecule has 0 radical (unpaired) electrons. The van der Waals surface area contributed by atoms with Crippen molar-refractivity contribution in [2.24, 2.45) is 0 Å². The average molecular weight is 183 g/mol. The molecule has 1 saturated heterocycles. The van der Waals surface area contributed by atoms with Gasteiger partial charge in [0.15, 0.2) is 5.78 Å². The molecule has 0 aromatic carbocycles. The minimum absolute atomic E-state index is 0.155. The predicted molar refractivity (Wildman–Crippen MR) is 49.4 cm³/mol. The van der Waals surface area contributed by atoms with Gasteiger partial charge in [-0.25, -0.2) is 0 Å². The number of ketones is 1. The summed E-state index contributed by atoms with van der Waals surface area (Å²) in [5, 5.41) is 12.3. The second kappa shape index (κ2) is 3.39. The Bertz CT molecular complexity index is 217. The minimum Gasteiger partial charge on any atom is -0.395 e. The van der Waals surface area contributed by atoms with Crippen molar-refractivity contribution >= 4 is 5.78 Å². The third-order valence-corrected chi connectivity index (χ3v) is 3.41. The summed E-state index contributed by atoms with van der Waals surface area (Å²) in [6.07, 6.45) is 5.77. The van der Waals surface area contributed by atoms with E-state index < -0.39 is 0 Å². The molecule has 3 heteroatoms. The number of carbonyl (C=O) groups is 1. The number of hydrogen-bond donors (Lipinski definition) is 2. The van der Waals surface area contributed by atoms with Gasteiger partial charge >= 0.3 is 0 Å². The molecule has 0 aromatic rings. The van der Waals surface area contributed by atoms with Gasteiger partial charge in [-0.2, -0.15) is 0 Å². The molecule has 1 saturated carbocycles. The molecule has 1 aliphatic carbocycles. The van der Waals surface area contributed by atoms with E-state index in [0.29, 0.717) is 5.78 Å². The third-order valence-electron chi connectivity index (χ3n) is 3.41. The Balaban J connectivity index is 2.07. The van der Waals surface area contributed by atoms with Crippen LogP contribution in [0, 0.1) is 0 Å². The molecule has 0 amide bonds. The molecule has 2 aliphatic rings. The molecule has 74 valence electrons. The number of aliphatic hydroxyl groups is 1. The van der Waals surface area contributed by atoms with Crippen LogP contribution in [0.2, 0.25) is 0 Å². The number of rotatable bonds is 1. The van der Waals surface area contributed by atoms with Gasteiger partial charge in [-0.05, 0) is 25.7 Å². The lowest BCUT2D eigenvalue weighted by molar-refractivity contribution is -0.127. The molecular weight excluding hydrogens is 166 g/mol. The van der Waals surface area contributed by atoms with Crippen LogP contribution in [0.4, 0.5) is 0 Å². The lowest BCUT2D eigenvalue weighted by Crippen LogP contribution is -2.52. The fraction of sp³-hybridized carbons (Fsp3) is 0.900. The Hall–Kier alpha value is -0.410. The van der Waals surface area contributed by atoms with Gasteiger partial charge in [-0.1, -0.05) is 6.42 Å². The van der Waals surface area contributed by atoms with Gasteiger partial charge in [0, 0.05) is 12.5 Å². The average Bonchev–Trinajstić information content (AvgIpc) is 2.56. The van der Waals surface area contributed by atoms with Crippen LogP contribution in [0.25, 0.3) is 0 Å². The third kappa shape index (κ3) is 1.51. The first-order chi connectivity index (χ1) is 6.27. The van der Waals surface area contributed by atoms with Crippen molar-refractivity contribution in [2.45, 2.75) is 50.1 Å². The molecule has 1 aliphatic heterocycles. The smallest absolute Gasteiger partial charge is 0.152 e. The van der Waals surface area contributed by atoms with Crippen LogP contribution in [0.15, 0.2) is 0 Å². The van der Waals surface area contributed by atoms with Crippen molar-refractivity contribution in [1.29, 1.82) is 0 Å². The van der Waals surface area contributed by atoms with Crippen molar-refractivity contribution in [2.75, 3.05) is 6.61 Å². The molecule has 1 heterocycles. The maximum Gasteiger partial charge on any atom is 0.152 e. The molecule has 13 heavy (non-hydrogen) atoms. The SMILES string of the molecule is O=C1CCCCC12CCC(CO)N2. The summed E-state index contributed by atoms with van der Waals surface area (Å²) >= 11 is 0. The second-order valence-corrected chi connectivity index (χ2v) is 4.27. The van der Waals surface area contributed by atoms with Gasteiger partial charge in [0.05, 0.1) is 12.1 Å². The van der Waals surface area contributed by atoms with Crippen LogP contribution in [0.5, 0.6) is 0 Å². The maximum atomic E-state index is 11.7. The topological polar surface area (TPSA) is 49.3 Å². The summed E-state index contributed by atoms with van der Waals surface area (Å²) in [6, 6.07) is 0.155. The van der Waals surface area contributed by atoms with E-state index in [-0.39, 0.29) is 18.2 Å². The van der Waals surface area contributed by atoms with Gasteiger partial charge < -0.3 is 5.11 Å². The number of carbonyl (C=O) groups excluding carboxylic acids is 1. The lowest BCUT2D eigenvalue weighted by Gasteiger charge is -2.32. The van der Waals surface area contributed by atoms with Crippen molar-refractivity contribution in [1.82, 2.24) is 5.32 Å².